The molecule has 0 N–H and O–H groups in total. The topological polar surface area (TPSA) is 59.8 Å². The summed E-state index contributed by atoms with van der Waals surface area (Å²) >= 11 is 0. The summed E-state index contributed by atoms with van der Waals surface area (Å²) in [5.41, 5.74) is 1.51. The number of ether oxygens (including phenoxy) is 2. The smallest absolute Gasteiger partial charge is 0.272 e. The van der Waals surface area contributed by atoms with Crippen LogP contribution in [0.25, 0.3) is 0 Å². The first-order valence-corrected chi connectivity index (χ1v) is 8.24. The third-order valence-corrected chi connectivity index (χ3v) is 4.72. The van der Waals surface area contributed by atoms with Gasteiger partial charge in [0.25, 0.3) is 5.91 Å². The number of methoxy groups -OCH3 is 1. The first kappa shape index (κ1) is 16.4. The summed E-state index contributed by atoms with van der Waals surface area (Å²) in [6.45, 7) is 6.71. The van der Waals surface area contributed by atoms with Gasteiger partial charge in [-0.05, 0) is 19.4 Å². The number of likely N-dealkylation sites (tertiary alicyclic amines) is 1. The molecule has 1 aromatic rings. The van der Waals surface area contributed by atoms with Crippen LogP contribution >= 0.6 is 0 Å². The Hall–Kier alpha value is -1.44. The van der Waals surface area contributed by atoms with Gasteiger partial charge in [-0.3, -0.25) is 14.4 Å². The van der Waals surface area contributed by atoms with Crippen LogP contribution < -0.4 is 0 Å². The number of aryl methyl sites for hydroxylation is 2. The van der Waals surface area contributed by atoms with Crippen molar-refractivity contribution in [1.82, 2.24) is 19.6 Å². The van der Waals surface area contributed by atoms with Crippen LogP contribution in [0.15, 0.2) is 6.07 Å². The largest absolute Gasteiger partial charge is 0.385 e. The summed E-state index contributed by atoms with van der Waals surface area (Å²) in [5, 5.41) is 4.27. The molecule has 0 spiro atoms. The lowest BCUT2D eigenvalue weighted by Crippen LogP contribution is -2.51. The summed E-state index contributed by atoms with van der Waals surface area (Å²) < 4.78 is 12.7. The van der Waals surface area contributed by atoms with E-state index in [0.29, 0.717) is 18.3 Å². The minimum Gasteiger partial charge on any atom is -0.385 e. The number of hydrogen-bond donors (Lipinski definition) is 0. The molecule has 7 nitrogen and oxygen atoms in total. The van der Waals surface area contributed by atoms with Gasteiger partial charge in [0.2, 0.25) is 0 Å². The van der Waals surface area contributed by atoms with Crippen LogP contribution in [-0.4, -0.2) is 84.1 Å². The van der Waals surface area contributed by atoms with Gasteiger partial charge in [-0.2, -0.15) is 5.10 Å². The minimum atomic E-state index is 0.0444. The van der Waals surface area contributed by atoms with Crippen molar-refractivity contribution in [2.75, 3.05) is 46.5 Å². The van der Waals surface area contributed by atoms with Crippen molar-refractivity contribution in [2.45, 2.75) is 25.5 Å². The summed E-state index contributed by atoms with van der Waals surface area (Å²) in [6, 6.07) is 2.14. The Bertz CT molecular complexity index is 560. The third-order valence-electron chi connectivity index (χ3n) is 4.72. The zero-order chi connectivity index (χ0) is 16.4. The first-order chi connectivity index (χ1) is 11.1. The van der Waals surface area contributed by atoms with E-state index < -0.39 is 0 Å². The van der Waals surface area contributed by atoms with E-state index in [1.807, 2.05) is 24.9 Å². The van der Waals surface area contributed by atoms with Gasteiger partial charge in [-0.1, -0.05) is 0 Å². The average Bonchev–Trinajstić information content (AvgIpc) is 3.10. The van der Waals surface area contributed by atoms with E-state index in [0.717, 1.165) is 45.0 Å². The molecule has 2 atom stereocenters. The zero-order valence-electron chi connectivity index (χ0n) is 14.2. The predicted molar refractivity (Wildman–Crippen MR) is 85.4 cm³/mol. The SMILES string of the molecule is COCCCN1CCO[C@H]2CN(C(=O)c3cc(C)nn3C)C[C@@H]21. The maximum absolute atomic E-state index is 12.8. The normalized spacial score (nSPS) is 24.9. The summed E-state index contributed by atoms with van der Waals surface area (Å²) in [4.78, 5) is 17.1. The Morgan fingerprint density at radius 3 is 3.00 bits per heavy atom. The molecular formula is C16H26N4O3. The Morgan fingerprint density at radius 2 is 2.30 bits per heavy atom. The summed E-state index contributed by atoms with van der Waals surface area (Å²) in [7, 11) is 3.55. The van der Waals surface area contributed by atoms with Crippen LogP contribution in [0.1, 0.15) is 22.6 Å². The molecule has 1 amide bonds. The van der Waals surface area contributed by atoms with Crippen molar-refractivity contribution in [3.05, 3.63) is 17.5 Å². The second-order valence-corrected chi connectivity index (χ2v) is 6.36. The number of carbonyl (C=O) groups excluding carboxylic acids is 1. The van der Waals surface area contributed by atoms with E-state index in [1.54, 1.807) is 11.8 Å². The second-order valence-electron chi connectivity index (χ2n) is 6.36. The average molecular weight is 322 g/mol. The van der Waals surface area contributed by atoms with Gasteiger partial charge in [0.15, 0.2) is 0 Å². The number of rotatable bonds is 5. The standard InChI is InChI=1S/C16H26N4O3/c1-12-9-13(18(2)17-12)16(21)20-10-14-15(11-20)23-8-6-19(14)5-4-7-22-3/h9,14-15H,4-8,10-11H2,1-3H3/t14-,15-/m0/s1. The highest BCUT2D eigenvalue weighted by molar-refractivity contribution is 5.93. The molecule has 0 unspecified atom stereocenters. The van der Waals surface area contributed by atoms with E-state index in [2.05, 4.69) is 10.00 Å². The first-order valence-electron chi connectivity index (χ1n) is 8.24. The quantitative estimate of drug-likeness (QED) is 0.729. The molecule has 2 aliphatic heterocycles. The predicted octanol–water partition coefficient (Wildman–Crippen LogP) is 0.290. The summed E-state index contributed by atoms with van der Waals surface area (Å²) in [6.07, 6.45) is 1.12. The van der Waals surface area contributed by atoms with E-state index in [9.17, 15) is 4.79 Å². The highest BCUT2D eigenvalue weighted by Crippen LogP contribution is 2.24. The monoisotopic (exact) mass is 322 g/mol. The molecule has 3 heterocycles. The minimum absolute atomic E-state index is 0.0444. The Morgan fingerprint density at radius 1 is 1.48 bits per heavy atom. The molecule has 1 aromatic heterocycles. The number of morpholine rings is 1. The number of hydrogen-bond acceptors (Lipinski definition) is 5. The highest BCUT2D eigenvalue weighted by Gasteiger charge is 2.42. The van der Waals surface area contributed by atoms with Gasteiger partial charge in [0, 0.05) is 46.9 Å². The number of nitrogens with zero attached hydrogens (tertiary/aromatic N) is 4. The Balaban J connectivity index is 1.66. The van der Waals surface area contributed by atoms with E-state index in [4.69, 9.17) is 9.47 Å². The molecule has 128 valence electrons. The summed E-state index contributed by atoms with van der Waals surface area (Å²) in [5.74, 6) is 0.0444. The van der Waals surface area contributed by atoms with Gasteiger partial charge < -0.3 is 14.4 Å². The van der Waals surface area contributed by atoms with Crippen LogP contribution in [0.5, 0.6) is 0 Å². The number of amides is 1. The van der Waals surface area contributed by atoms with Crippen LogP contribution in [0.2, 0.25) is 0 Å². The van der Waals surface area contributed by atoms with Gasteiger partial charge >= 0.3 is 0 Å². The maximum atomic E-state index is 12.8. The van der Waals surface area contributed by atoms with Crippen LogP contribution in [0.3, 0.4) is 0 Å². The molecule has 2 saturated heterocycles. The van der Waals surface area contributed by atoms with Crippen LogP contribution in [0.4, 0.5) is 0 Å². The maximum Gasteiger partial charge on any atom is 0.272 e. The van der Waals surface area contributed by atoms with E-state index in [-0.39, 0.29) is 12.0 Å². The van der Waals surface area contributed by atoms with Crippen molar-refractivity contribution >= 4 is 5.91 Å². The van der Waals surface area contributed by atoms with E-state index in [1.165, 1.54) is 0 Å². The van der Waals surface area contributed by atoms with Gasteiger partial charge in [0.1, 0.15) is 5.69 Å². The molecule has 7 heteroatoms. The number of carbonyl (C=O) groups is 1. The van der Waals surface area contributed by atoms with Crippen LogP contribution in [0, 0.1) is 6.92 Å². The Kier molecular flexibility index (Phi) is 4.99. The zero-order valence-corrected chi connectivity index (χ0v) is 14.2. The molecule has 2 aliphatic rings. The fraction of sp³-hybridized carbons (Fsp3) is 0.750. The molecule has 3 rings (SSSR count). The number of fused-ring (bicyclic) bond motifs is 1. The molecule has 23 heavy (non-hydrogen) atoms. The lowest BCUT2D eigenvalue weighted by molar-refractivity contribution is -0.0487. The fourth-order valence-corrected chi connectivity index (χ4v) is 3.59. The van der Waals surface area contributed by atoms with Crippen molar-refractivity contribution in [3.63, 3.8) is 0 Å². The second kappa shape index (κ2) is 6.98. The van der Waals surface area contributed by atoms with E-state index >= 15 is 0 Å². The lowest BCUT2D eigenvalue weighted by atomic mass is 10.1. The fourth-order valence-electron chi connectivity index (χ4n) is 3.59. The number of aromatic nitrogens is 2. The molecule has 0 saturated carbocycles. The highest BCUT2D eigenvalue weighted by atomic mass is 16.5. The third kappa shape index (κ3) is 3.41. The van der Waals surface area contributed by atoms with Crippen molar-refractivity contribution in [3.8, 4) is 0 Å². The lowest BCUT2D eigenvalue weighted by Gasteiger charge is -2.36. The van der Waals surface area contributed by atoms with Gasteiger partial charge in [-0.25, -0.2) is 0 Å². The molecule has 2 fully saturated rings. The van der Waals surface area contributed by atoms with Gasteiger partial charge in [-0.15, -0.1) is 0 Å². The van der Waals surface area contributed by atoms with Gasteiger partial charge in [0.05, 0.1) is 24.4 Å². The van der Waals surface area contributed by atoms with Crippen LogP contribution in [-0.2, 0) is 16.5 Å². The molecule has 0 radical (unpaired) electrons. The molecule has 0 bridgehead atoms. The van der Waals surface area contributed by atoms with Crippen molar-refractivity contribution < 1.29 is 14.3 Å². The molecule has 0 aromatic carbocycles. The van der Waals surface area contributed by atoms with Crippen molar-refractivity contribution in [1.29, 1.82) is 0 Å². The molecular weight excluding hydrogens is 296 g/mol. The van der Waals surface area contributed by atoms with Crippen molar-refractivity contribution in [2.24, 2.45) is 7.05 Å². The Labute approximate surface area is 137 Å². The molecule has 0 aliphatic carbocycles.